The van der Waals surface area contributed by atoms with Crippen LogP contribution in [0.15, 0.2) is 48.9 Å². The largest absolute Gasteiger partial charge is 0.490 e. The second-order valence-electron chi connectivity index (χ2n) is 21.7. The number of likely N-dealkylation sites (N-methyl/N-ethyl adjacent to an activating group) is 1. The normalized spacial score (nSPS) is 20.3. The topological polar surface area (TPSA) is 158 Å². The molecule has 2 aliphatic carbocycles. The van der Waals surface area contributed by atoms with E-state index in [4.69, 9.17) is 80.8 Å². The Morgan fingerprint density at radius 3 is 2.34 bits per heavy atom. The molecule has 3 atom stereocenters. The molecule has 0 unspecified atom stereocenters. The van der Waals surface area contributed by atoms with Gasteiger partial charge in [-0.15, -0.1) is 11.3 Å². The first kappa shape index (κ1) is 58.6. The molecule has 1 saturated heterocycles. The van der Waals surface area contributed by atoms with Crippen molar-refractivity contribution in [2.45, 2.75) is 110 Å². The summed E-state index contributed by atoms with van der Waals surface area (Å²) in [6.07, 6.45) is 9.29. The number of rotatable bonds is 19. The lowest BCUT2D eigenvalue weighted by molar-refractivity contribution is -0.163. The number of hydrogen-bond donors (Lipinski definition) is 0. The summed E-state index contributed by atoms with van der Waals surface area (Å²) in [5.74, 6) is 1.48. The molecule has 5 aromatic rings. The van der Waals surface area contributed by atoms with Gasteiger partial charge in [0.25, 0.3) is 0 Å². The fourth-order valence-corrected chi connectivity index (χ4v) is 11.9. The van der Waals surface area contributed by atoms with E-state index in [2.05, 4.69) is 27.9 Å². The van der Waals surface area contributed by atoms with Crippen molar-refractivity contribution in [3.8, 4) is 34.3 Å². The van der Waals surface area contributed by atoms with Crippen LogP contribution in [0.4, 0.5) is 4.39 Å². The minimum Gasteiger partial charge on any atom is -0.490 e. The van der Waals surface area contributed by atoms with Crippen LogP contribution < -0.4 is 18.9 Å². The first-order chi connectivity index (χ1) is 38.1. The summed E-state index contributed by atoms with van der Waals surface area (Å²) in [5.41, 5.74) is 4.10. The molecular weight excluding hydrogens is 1070 g/mol. The van der Waals surface area contributed by atoms with Gasteiger partial charge >= 0.3 is 5.97 Å². The number of halogens is 3. The number of ether oxygens (including phenoxy) is 9. The molecule has 3 aliphatic heterocycles. The Morgan fingerprint density at radius 1 is 0.899 bits per heavy atom. The van der Waals surface area contributed by atoms with E-state index in [0.717, 1.165) is 78.1 Å². The van der Waals surface area contributed by atoms with E-state index in [1.165, 1.54) is 11.9 Å². The van der Waals surface area contributed by atoms with Gasteiger partial charge in [0.2, 0.25) is 12.0 Å². The van der Waals surface area contributed by atoms with Crippen molar-refractivity contribution >= 4 is 61.9 Å². The number of aromatic nitrogens is 4. The van der Waals surface area contributed by atoms with Crippen molar-refractivity contribution in [1.29, 1.82) is 0 Å². The van der Waals surface area contributed by atoms with Crippen LogP contribution in [0.1, 0.15) is 92.4 Å². The van der Waals surface area contributed by atoms with Gasteiger partial charge in [0.05, 0.1) is 67.4 Å². The molecule has 0 radical (unpaired) electrons. The average molecular weight is 1150 g/mol. The monoisotopic (exact) mass is 1150 g/mol. The standard InChI is InChI=1S/C59H73Cl2FN6O10S/c1-37-47-38(2)51(61)52(50(37)60)76-44(32-68-22-20-67(6)21-23-68)34-74-43-12-13-45(75-33-42-16-19-63-54(66-42)40-14-17-59(62,18-15-40)35-73-29-28-72-27-26-71-25-24-70-7)41(30-43)31-46(57(69)78-58(3,4)5)77-55-49-48(47)53(39-10-8-9-11-39)79-56(49)65-36-64-55/h10,12-14,16,19,30,36,44,46H,8-9,11,15,17-18,20-29,31-35H2,1-7H3/t44-,46-,59-/m1/s1. The number of methoxy groups -OCH3 is 1. The van der Waals surface area contributed by atoms with Crippen molar-refractivity contribution < 1.29 is 51.8 Å². The number of hydrogen-bond acceptors (Lipinski definition) is 17. The molecule has 20 heteroatoms. The van der Waals surface area contributed by atoms with Gasteiger partial charge < -0.3 is 47.5 Å². The van der Waals surface area contributed by atoms with E-state index in [1.54, 1.807) is 30.7 Å². The van der Waals surface area contributed by atoms with Crippen LogP contribution in [0.25, 0.3) is 32.5 Å². The molecule has 79 heavy (non-hydrogen) atoms. The van der Waals surface area contributed by atoms with E-state index >= 15 is 4.39 Å². The molecule has 3 aromatic heterocycles. The van der Waals surface area contributed by atoms with Gasteiger partial charge in [-0.1, -0.05) is 35.4 Å². The highest BCUT2D eigenvalue weighted by atomic mass is 35.5. The summed E-state index contributed by atoms with van der Waals surface area (Å²) >= 11 is 16.5. The van der Waals surface area contributed by atoms with E-state index < -0.39 is 29.4 Å². The summed E-state index contributed by atoms with van der Waals surface area (Å²) in [6.45, 7) is 16.3. The Hall–Kier alpha value is -5.02. The van der Waals surface area contributed by atoms with Crippen LogP contribution in [-0.4, -0.2) is 159 Å². The molecule has 0 amide bonds. The van der Waals surface area contributed by atoms with E-state index in [-0.39, 0.29) is 51.6 Å². The van der Waals surface area contributed by atoms with Gasteiger partial charge in [0, 0.05) is 74.9 Å². The van der Waals surface area contributed by atoms with Gasteiger partial charge in [-0.2, -0.15) is 0 Å². The maximum absolute atomic E-state index is 15.9. The van der Waals surface area contributed by atoms with Crippen molar-refractivity contribution in [2.75, 3.05) is 99.7 Å². The molecule has 1 fully saturated rings. The Balaban J connectivity index is 1.02. The molecule has 16 nitrogen and oxygen atoms in total. The van der Waals surface area contributed by atoms with Crippen LogP contribution in [0.3, 0.4) is 0 Å². The van der Waals surface area contributed by atoms with Crippen LogP contribution in [0.5, 0.6) is 23.1 Å². The quantitative estimate of drug-likeness (QED) is 0.0567. The zero-order valence-electron chi connectivity index (χ0n) is 46.4. The second-order valence-corrected chi connectivity index (χ2v) is 23.4. The highest BCUT2D eigenvalue weighted by Crippen LogP contribution is 2.53. The number of alkyl halides is 1. The van der Waals surface area contributed by atoms with Crippen LogP contribution in [0.2, 0.25) is 10.0 Å². The number of esters is 1. The first-order valence-corrected chi connectivity index (χ1v) is 28.9. The van der Waals surface area contributed by atoms with Crippen molar-refractivity contribution in [2.24, 2.45) is 0 Å². The van der Waals surface area contributed by atoms with Crippen LogP contribution in [0, 0.1) is 13.8 Å². The third-order valence-electron chi connectivity index (χ3n) is 14.5. The Bertz CT molecular complexity index is 2970. The van der Waals surface area contributed by atoms with Crippen LogP contribution >= 0.6 is 34.5 Å². The number of allylic oxidation sites excluding steroid dienone is 4. The van der Waals surface area contributed by atoms with Crippen molar-refractivity contribution in [1.82, 2.24) is 29.7 Å². The number of carbonyl (C=O) groups excluding carboxylic acids is 1. The van der Waals surface area contributed by atoms with Gasteiger partial charge in [-0.25, -0.2) is 29.1 Å². The molecular formula is C59H73Cl2FN6O10S. The average Bonchev–Trinajstić information content (AvgIpc) is 4.28. The molecule has 0 saturated carbocycles. The van der Waals surface area contributed by atoms with E-state index in [9.17, 15) is 4.79 Å². The smallest absolute Gasteiger partial charge is 0.348 e. The molecule has 5 aliphatic rings. The fraction of sp³-hybridized carbons (Fsp3) is 0.542. The summed E-state index contributed by atoms with van der Waals surface area (Å²) in [4.78, 5) is 40.0. The highest BCUT2D eigenvalue weighted by molar-refractivity contribution is 7.20. The fourth-order valence-electron chi connectivity index (χ4n) is 10.2. The molecule has 426 valence electrons. The number of piperazine rings is 1. The summed E-state index contributed by atoms with van der Waals surface area (Å²) < 4.78 is 70.8. The SMILES string of the molecule is COCCOCCOCCOC[C@@]1(F)CC=C(c2nccc(COc3ccc4cc3C[C@H](C(=O)OC(C)(C)C)Oc3ncnc5sc(C6=CCCC6)c(c35)-c3c(C)c(Cl)c(c(Cl)c3C)O[C@H](CN3CCN(C)CC3)CO4)n2)CC1. The maximum Gasteiger partial charge on any atom is 0.348 e. The highest BCUT2D eigenvalue weighted by Gasteiger charge is 2.36. The Labute approximate surface area is 476 Å². The maximum atomic E-state index is 15.9. The van der Waals surface area contributed by atoms with E-state index in [0.29, 0.717) is 101 Å². The minimum absolute atomic E-state index is 0.00354. The number of fused-ring (bicyclic) bond motifs is 7. The molecule has 6 heterocycles. The predicted octanol–water partition coefficient (Wildman–Crippen LogP) is 10.9. The Kier molecular flexibility index (Phi) is 19.8. The summed E-state index contributed by atoms with van der Waals surface area (Å²) in [5, 5.41) is 1.42. The van der Waals surface area contributed by atoms with E-state index in [1.807, 2.05) is 58.9 Å². The van der Waals surface area contributed by atoms with Gasteiger partial charge in [0.1, 0.15) is 53.2 Å². The van der Waals surface area contributed by atoms with Crippen molar-refractivity contribution in [3.05, 3.63) is 92.1 Å². The third kappa shape index (κ3) is 14.9. The number of benzene rings is 2. The minimum atomic E-state index is -1.51. The number of nitrogens with zero attached hydrogens (tertiary/aromatic N) is 6. The molecule has 2 aromatic carbocycles. The lowest BCUT2D eigenvalue weighted by Gasteiger charge is -2.35. The van der Waals surface area contributed by atoms with Gasteiger partial charge in [0.15, 0.2) is 11.6 Å². The Morgan fingerprint density at radius 2 is 1.65 bits per heavy atom. The predicted molar refractivity (Wildman–Crippen MR) is 305 cm³/mol. The number of carbonyl (C=O) groups is 1. The zero-order chi connectivity index (χ0) is 55.7. The molecule has 10 rings (SSSR count). The lowest BCUT2D eigenvalue weighted by atomic mass is 9.87. The van der Waals surface area contributed by atoms with Gasteiger partial charge in [-0.3, -0.25) is 4.90 Å². The lowest BCUT2D eigenvalue weighted by Crippen LogP contribution is -2.49. The molecule has 0 N–H and O–H groups in total. The van der Waals surface area contributed by atoms with Crippen LogP contribution in [-0.2, 0) is 41.5 Å². The summed E-state index contributed by atoms with van der Waals surface area (Å²) in [6, 6.07) is 7.30. The molecule has 4 bridgehead atoms. The third-order valence-corrected chi connectivity index (χ3v) is 16.5. The van der Waals surface area contributed by atoms with Gasteiger partial charge in [-0.05, 0) is 126 Å². The van der Waals surface area contributed by atoms with Crippen molar-refractivity contribution in [3.63, 3.8) is 0 Å². The number of thiophene rings is 1. The first-order valence-electron chi connectivity index (χ1n) is 27.3. The zero-order valence-corrected chi connectivity index (χ0v) is 48.8. The molecule has 0 spiro atoms. The second kappa shape index (κ2) is 26.7. The summed E-state index contributed by atoms with van der Waals surface area (Å²) in [7, 11) is 3.75.